The Kier molecular flexibility index (Phi) is 4.92. The number of nitrogens with zero attached hydrogens (tertiary/aromatic N) is 4. The molecule has 3 aromatic heterocycles. The van der Waals surface area contributed by atoms with Gasteiger partial charge in [0, 0.05) is 59.2 Å². The summed E-state index contributed by atoms with van der Waals surface area (Å²) in [4.78, 5) is 18.3. The second kappa shape index (κ2) is 7.85. The summed E-state index contributed by atoms with van der Waals surface area (Å²) in [5, 5.41) is 11.0. The molecule has 9 heteroatoms. The summed E-state index contributed by atoms with van der Waals surface area (Å²) in [7, 11) is 0. The zero-order valence-corrected chi connectivity index (χ0v) is 18.7. The van der Waals surface area contributed by atoms with Crippen LogP contribution >= 0.6 is 11.3 Å². The molecule has 1 saturated heterocycles. The van der Waals surface area contributed by atoms with Crippen LogP contribution in [0.25, 0.3) is 27.6 Å². The number of hydrogen-bond donors (Lipinski definition) is 1. The quantitative estimate of drug-likeness (QED) is 0.443. The molecular weight excluding hydrogens is 444 g/mol. The minimum atomic E-state index is -0.675. The number of halogens is 2. The molecule has 0 unspecified atom stereocenters. The lowest BCUT2D eigenvalue weighted by Crippen LogP contribution is -2.62. The Morgan fingerprint density at radius 1 is 1.33 bits per heavy atom. The summed E-state index contributed by atoms with van der Waals surface area (Å²) >= 11 is 1.52. The number of aldehydes is 1. The lowest BCUT2D eigenvalue weighted by atomic mass is 9.58. The Morgan fingerprint density at radius 3 is 2.94 bits per heavy atom. The maximum atomic E-state index is 14.4. The number of pyridine rings is 1. The normalized spacial score (nSPS) is 20.3. The molecule has 1 N–H and O–H groups in total. The van der Waals surface area contributed by atoms with Crippen LogP contribution in [0.2, 0.25) is 0 Å². The Hall–Kier alpha value is -2.91. The van der Waals surface area contributed by atoms with Crippen molar-refractivity contribution in [1.82, 2.24) is 20.1 Å². The molecular formula is C24H23F2N5OS. The van der Waals surface area contributed by atoms with Gasteiger partial charge in [-0.1, -0.05) is 0 Å². The van der Waals surface area contributed by atoms with E-state index in [0.29, 0.717) is 17.0 Å². The van der Waals surface area contributed by atoms with Crippen molar-refractivity contribution < 1.29 is 13.6 Å². The van der Waals surface area contributed by atoms with Crippen molar-refractivity contribution in [2.45, 2.75) is 25.9 Å². The summed E-state index contributed by atoms with van der Waals surface area (Å²) in [6.07, 6.45) is 5.29. The van der Waals surface area contributed by atoms with E-state index in [0.717, 1.165) is 79.5 Å². The van der Waals surface area contributed by atoms with Gasteiger partial charge in [-0.3, -0.25) is 4.68 Å². The molecule has 1 saturated carbocycles. The van der Waals surface area contributed by atoms with Gasteiger partial charge in [-0.25, -0.2) is 13.8 Å². The van der Waals surface area contributed by atoms with E-state index in [1.165, 1.54) is 17.4 Å². The fourth-order valence-corrected chi connectivity index (χ4v) is 6.38. The number of thiophene rings is 1. The maximum Gasteiger partial charge on any atom is 0.138 e. The molecule has 3 aromatic rings. The molecule has 0 bridgehead atoms. The molecule has 6 rings (SSSR count). The number of anilines is 1. The van der Waals surface area contributed by atoms with Gasteiger partial charge in [-0.2, -0.15) is 5.10 Å². The highest BCUT2D eigenvalue weighted by Gasteiger charge is 2.52. The highest BCUT2D eigenvalue weighted by Crippen LogP contribution is 2.53. The van der Waals surface area contributed by atoms with E-state index in [-0.39, 0.29) is 17.7 Å². The third-order valence-electron chi connectivity index (χ3n) is 6.98. The monoisotopic (exact) mass is 467 g/mol. The smallest absolute Gasteiger partial charge is 0.138 e. The van der Waals surface area contributed by atoms with Gasteiger partial charge in [-0.05, 0) is 36.4 Å². The van der Waals surface area contributed by atoms with Crippen LogP contribution < -0.4 is 10.2 Å². The SMILES string of the molecule is O=CC1CC2(C1)CN(c1nc(-c3cc4n(n3)CCNC4)c(C=C(F)/C=C/F)c3sccc13)C2. The third-order valence-corrected chi connectivity index (χ3v) is 7.92. The molecule has 1 aliphatic carbocycles. The fourth-order valence-electron chi connectivity index (χ4n) is 5.47. The lowest BCUT2D eigenvalue weighted by Gasteiger charge is -2.58. The zero-order valence-electron chi connectivity index (χ0n) is 17.9. The maximum absolute atomic E-state index is 14.4. The van der Waals surface area contributed by atoms with Gasteiger partial charge < -0.3 is 15.0 Å². The Labute approximate surface area is 193 Å². The van der Waals surface area contributed by atoms with E-state index in [4.69, 9.17) is 10.1 Å². The van der Waals surface area contributed by atoms with Gasteiger partial charge in [0.1, 0.15) is 29.3 Å². The second-order valence-corrected chi connectivity index (χ2v) is 10.2. The predicted octanol–water partition coefficient (Wildman–Crippen LogP) is 4.47. The lowest BCUT2D eigenvalue weighted by molar-refractivity contribution is -0.118. The van der Waals surface area contributed by atoms with E-state index in [9.17, 15) is 13.6 Å². The molecule has 0 radical (unpaired) electrons. The fraction of sp³-hybridized carbons (Fsp3) is 0.375. The number of carbonyl (C=O) groups is 1. The highest BCUT2D eigenvalue weighted by atomic mass is 32.1. The van der Waals surface area contributed by atoms with Crippen molar-refractivity contribution >= 4 is 39.6 Å². The van der Waals surface area contributed by atoms with Gasteiger partial charge in [0.25, 0.3) is 0 Å². The van der Waals surface area contributed by atoms with Crippen LogP contribution in [0.4, 0.5) is 14.6 Å². The van der Waals surface area contributed by atoms with Crippen molar-refractivity contribution in [3.63, 3.8) is 0 Å². The zero-order chi connectivity index (χ0) is 22.6. The van der Waals surface area contributed by atoms with Crippen LogP contribution in [-0.2, 0) is 17.9 Å². The molecule has 2 aliphatic heterocycles. The summed E-state index contributed by atoms with van der Waals surface area (Å²) in [5.41, 5.74) is 3.17. The van der Waals surface area contributed by atoms with E-state index < -0.39 is 5.83 Å². The molecule has 0 atom stereocenters. The first-order chi connectivity index (χ1) is 16.1. The van der Waals surface area contributed by atoms with Gasteiger partial charge in [0.15, 0.2) is 0 Å². The average Bonchev–Trinajstić information content (AvgIpc) is 3.40. The molecule has 33 heavy (non-hydrogen) atoms. The van der Waals surface area contributed by atoms with Crippen LogP contribution in [0, 0.1) is 11.3 Å². The Morgan fingerprint density at radius 2 is 2.18 bits per heavy atom. The first-order valence-corrected chi connectivity index (χ1v) is 12.0. The van der Waals surface area contributed by atoms with Crippen LogP contribution in [0.3, 0.4) is 0 Å². The van der Waals surface area contributed by atoms with Crippen molar-refractivity contribution in [3.05, 3.63) is 47.0 Å². The minimum Gasteiger partial charge on any atom is -0.355 e. The largest absolute Gasteiger partial charge is 0.355 e. The number of nitrogens with one attached hydrogen (secondary N) is 1. The Bertz CT molecular complexity index is 1270. The van der Waals surface area contributed by atoms with Crippen LogP contribution in [0.5, 0.6) is 0 Å². The number of allylic oxidation sites excluding steroid dienone is 2. The van der Waals surface area contributed by atoms with Crippen molar-refractivity contribution in [2.75, 3.05) is 24.5 Å². The van der Waals surface area contributed by atoms with Crippen LogP contribution in [0.1, 0.15) is 24.1 Å². The molecule has 5 heterocycles. The van der Waals surface area contributed by atoms with Gasteiger partial charge in [0.05, 0.1) is 18.6 Å². The van der Waals surface area contributed by atoms with E-state index in [2.05, 4.69) is 10.2 Å². The molecule has 6 nitrogen and oxygen atoms in total. The molecule has 170 valence electrons. The predicted molar refractivity (Wildman–Crippen MR) is 125 cm³/mol. The molecule has 0 amide bonds. The molecule has 0 aromatic carbocycles. The second-order valence-electron chi connectivity index (χ2n) is 9.26. The number of hydrogen-bond acceptors (Lipinski definition) is 6. The average molecular weight is 468 g/mol. The van der Waals surface area contributed by atoms with Crippen LogP contribution in [-0.4, -0.2) is 40.7 Å². The summed E-state index contributed by atoms with van der Waals surface area (Å²) in [6.45, 7) is 4.06. The minimum absolute atomic E-state index is 0.182. The summed E-state index contributed by atoms with van der Waals surface area (Å²) in [5.74, 6) is 0.372. The summed E-state index contributed by atoms with van der Waals surface area (Å²) in [6, 6.07) is 4.00. The highest BCUT2D eigenvalue weighted by molar-refractivity contribution is 7.17. The first kappa shape index (κ1) is 20.7. The number of aromatic nitrogens is 3. The summed E-state index contributed by atoms with van der Waals surface area (Å²) < 4.78 is 30.0. The molecule has 2 fully saturated rings. The van der Waals surface area contributed by atoms with Gasteiger partial charge in [-0.15, -0.1) is 11.3 Å². The third kappa shape index (κ3) is 3.41. The number of carbonyl (C=O) groups excluding carboxylic acids is 1. The van der Waals surface area contributed by atoms with E-state index in [1.807, 2.05) is 22.2 Å². The Balaban J connectivity index is 1.46. The molecule has 3 aliphatic rings. The van der Waals surface area contributed by atoms with Crippen molar-refractivity contribution in [3.8, 4) is 11.4 Å². The van der Waals surface area contributed by atoms with E-state index in [1.54, 1.807) is 0 Å². The van der Waals surface area contributed by atoms with Crippen molar-refractivity contribution in [1.29, 1.82) is 0 Å². The first-order valence-electron chi connectivity index (χ1n) is 11.1. The topological polar surface area (TPSA) is 63.1 Å². The van der Waals surface area contributed by atoms with E-state index >= 15 is 0 Å². The number of fused-ring (bicyclic) bond motifs is 2. The van der Waals surface area contributed by atoms with Crippen molar-refractivity contribution in [2.24, 2.45) is 11.3 Å². The van der Waals surface area contributed by atoms with Crippen LogP contribution in [0.15, 0.2) is 35.7 Å². The standard InChI is InChI=1S/C24H23F2N5OS/c25-3-1-16(26)7-19-21(20-8-17-11-27-4-5-31(17)29-20)28-23(18-2-6-33-22(18)19)30-13-24(14-30)9-15(10-24)12-32/h1-3,6-8,12,15,27H,4-5,9-11,13-14H2/b3-1+,16-7?. The van der Waals surface area contributed by atoms with Gasteiger partial charge in [0.2, 0.25) is 0 Å². The van der Waals surface area contributed by atoms with Gasteiger partial charge >= 0.3 is 0 Å². The number of rotatable bonds is 5. The molecule has 1 spiro atoms.